The molecule has 124 valence electrons. The van der Waals surface area contributed by atoms with Crippen molar-refractivity contribution in [2.75, 3.05) is 19.6 Å². The molecule has 2 heterocycles. The smallest absolute Gasteiger partial charge is 0.253 e. The zero-order chi connectivity index (χ0) is 16.7. The van der Waals surface area contributed by atoms with Gasteiger partial charge in [0.25, 0.3) is 5.91 Å². The molecule has 0 aliphatic heterocycles. The number of aromatic nitrogens is 4. The number of pyridine rings is 1. The Kier molecular flexibility index (Phi) is 6.22. The highest BCUT2D eigenvalue weighted by Gasteiger charge is 2.13. The number of carbonyl (C=O) groups excluding carboxylic acids is 1. The fourth-order valence-electron chi connectivity index (χ4n) is 2.46. The Hall–Kier alpha value is -2.28. The predicted octanol–water partition coefficient (Wildman–Crippen LogP) is 1.51. The van der Waals surface area contributed by atoms with Gasteiger partial charge in [-0.1, -0.05) is 19.1 Å². The molecule has 1 N–H and O–H groups in total. The van der Waals surface area contributed by atoms with Gasteiger partial charge in [0.05, 0.1) is 29.8 Å². The Morgan fingerprint density at radius 2 is 2.22 bits per heavy atom. The summed E-state index contributed by atoms with van der Waals surface area (Å²) < 4.78 is 1.58. The highest BCUT2D eigenvalue weighted by Crippen LogP contribution is 2.07. The van der Waals surface area contributed by atoms with Gasteiger partial charge in [-0.3, -0.25) is 9.78 Å². The third-order valence-electron chi connectivity index (χ3n) is 3.57. The van der Waals surface area contributed by atoms with Gasteiger partial charge in [0.1, 0.15) is 0 Å². The lowest BCUT2D eigenvalue weighted by atomic mass is 10.2. The van der Waals surface area contributed by atoms with Crippen LogP contribution in [0.2, 0.25) is 0 Å². The van der Waals surface area contributed by atoms with Crippen LogP contribution in [0, 0.1) is 0 Å². The van der Waals surface area contributed by atoms with Crippen LogP contribution in [0.25, 0.3) is 5.69 Å². The van der Waals surface area contributed by atoms with Crippen LogP contribution in [0.4, 0.5) is 0 Å². The summed E-state index contributed by atoms with van der Waals surface area (Å²) in [6, 6.07) is 1.83. The molecule has 0 aromatic carbocycles. The zero-order valence-corrected chi connectivity index (χ0v) is 13.9. The molecule has 1 atom stereocenters. The molecule has 0 radical (unpaired) electrons. The van der Waals surface area contributed by atoms with Crippen LogP contribution >= 0.6 is 0 Å². The Bertz CT molecular complexity index is 613. The van der Waals surface area contributed by atoms with E-state index in [2.05, 4.69) is 39.4 Å². The largest absolute Gasteiger partial charge is 0.348 e. The van der Waals surface area contributed by atoms with Gasteiger partial charge in [-0.05, 0) is 32.5 Å². The van der Waals surface area contributed by atoms with Crippen LogP contribution in [-0.2, 0) is 0 Å². The molecular formula is C16H24N6O. The van der Waals surface area contributed by atoms with Crippen LogP contribution in [0.5, 0.6) is 0 Å². The fourth-order valence-corrected chi connectivity index (χ4v) is 2.46. The molecule has 0 saturated carbocycles. The molecule has 7 nitrogen and oxygen atoms in total. The SMILES string of the molecule is CCCN(CC)C[C@H](C)NC(=O)c1cncc(-n2ccnn2)c1. The molecule has 0 aliphatic carbocycles. The van der Waals surface area contributed by atoms with Crippen molar-refractivity contribution in [2.24, 2.45) is 0 Å². The lowest BCUT2D eigenvalue weighted by Crippen LogP contribution is -2.42. The number of hydrogen-bond donors (Lipinski definition) is 1. The van der Waals surface area contributed by atoms with E-state index >= 15 is 0 Å². The molecular weight excluding hydrogens is 292 g/mol. The van der Waals surface area contributed by atoms with Crippen LogP contribution < -0.4 is 5.32 Å². The summed E-state index contributed by atoms with van der Waals surface area (Å²) in [5, 5.41) is 10.7. The average Bonchev–Trinajstić information content (AvgIpc) is 3.09. The van der Waals surface area contributed by atoms with Gasteiger partial charge in [0.2, 0.25) is 0 Å². The highest BCUT2D eigenvalue weighted by atomic mass is 16.1. The molecule has 0 spiro atoms. The summed E-state index contributed by atoms with van der Waals surface area (Å²) in [7, 11) is 0. The molecule has 2 aromatic heterocycles. The van der Waals surface area contributed by atoms with Crippen molar-refractivity contribution in [1.82, 2.24) is 30.2 Å². The Morgan fingerprint density at radius 1 is 1.39 bits per heavy atom. The minimum atomic E-state index is -0.125. The van der Waals surface area contributed by atoms with E-state index in [4.69, 9.17) is 0 Å². The third kappa shape index (κ3) is 4.85. The molecule has 2 aromatic rings. The Labute approximate surface area is 136 Å². The van der Waals surface area contributed by atoms with E-state index in [1.165, 1.54) is 0 Å². The lowest BCUT2D eigenvalue weighted by Gasteiger charge is -2.24. The number of carbonyl (C=O) groups is 1. The van der Waals surface area contributed by atoms with Crippen molar-refractivity contribution in [3.8, 4) is 5.69 Å². The highest BCUT2D eigenvalue weighted by molar-refractivity contribution is 5.94. The van der Waals surface area contributed by atoms with Gasteiger partial charge in [-0.2, -0.15) is 0 Å². The minimum Gasteiger partial charge on any atom is -0.348 e. The molecule has 0 unspecified atom stereocenters. The molecule has 0 bridgehead atoms. The number of nitrogens with zero attached hydrogens (tertiary/aromatic N) is 5. The standard InChI is InChI=1S/C16H24N6O/c1-4-7-21(5-2)12-13(3)19-16(23)14-9-15(11-17-10-14)22-8-6-18-20-22/h6,8-11,13H,4-5,7,12H2,1-3H3,(H,19,23)/t13-/m0/s1. The summed E-state index contributed by atoms with van der Waals surface area (Å²) in [6.07, 6.45) is 7.62. The minimum absolute atomic E-state index is 0.0732. The third-order valence-corrected chi connectivity index (χ3v) is 3.57. The second-order valence-electron chi connectivity index (χ2n) is 5.55. The van der Waals surface area contributed by atoms with Gasteiger partial charge < -0.3 is 10.2 Å². The quantitative estimate of drug-likeness (QED) is 0.799. The Balaban J connectivity index is 1.99. The maximum Gasteiger partial charge on any atom is 0.253 e. The lowest BCUT2D eigenvalue weighted by molar-refractivity contribution is 0.0929. The zero-order valence-electron chi connectivity index (χ0n) is 13.9. The number of rotatable bonds is 8. The van der Waals surface area contributed by atoms with Gasteiger partial charge in [0.15, 0.2) is 0 Å². The second kappa shape index (κ2) is 8.38. The summed E-state index contributed by atoms with van der Waals surface area (Å²) in [5.74, 6) is -0.125. The van der Waals surface area contributed by atoms with E-state index in [0.29, 0.717) is 11.3 Å². The van der Waals surface area contributed by atoms with Crippen molar-refractivity contribution < 1.29 is 4.79 Å². The monoisotopic (exact) mass is 316 g/mol. The van der Waals surface area contributed by atoms with Crippen LogP contribution in [0.3, 0.4) is 0 Å². The topological polar surface area (TPSA) is 75.9 Å². The molecule has 23 heavy (non-hydrogen) atoms. The number of hydrogen-bond acceptors (Lipinski definition) is 5. The first-order valence-corrected chi connectivity index (χ1v) is 7.99. The maximum atomic E-state index is 12.4. The molecule has 0 aliphatic rings. The van der Waals surface area contributed by atoms with Crippen molar-refractivity contribution in [2.45, 2.75) is 33.2 Å². The number of amides is 1. The van der Waals surface area contributed by atoms with E-state index < -0.39 is 0 Å². The van der Waals surface area contributed by atoms with E-state index in [0.717, 1.165) is 26.1 Å². The van der Waals surface area contributed by atoms with Gasteiger partial charge in [-0.15, -0.1) is 5.10 Å². The molecule has 1 amide bonds. The predicted molar refractivity (Wildman–Crippen MR) is 88.5 cm³/mol. The number of likely N-dealkylation sites (N-methyl/N-ethyl adjacent to an activating group) is 1. The molecule has 2 rings (SSSR count). The van der Waals surface area contributed by atoms with Crippen molar-refractivity contribution in [3.63, 3.8) is 0 Å². The Morgan fingerprint density at radius 3 is 2.87 bits per heavy atom. The number of nitrogens with one attached hydrogen (secondary N) is 1. The van der Waals surface area contributed by atoms with Gasteiger partial charge >= 0.3 is 0 Å². The van der Waals surface area contributed by atoms with Gasteiger partial charge in [0, 0.05) is 18.8 Å². The fraction of sp³-hybridized carbons (Fsp3) is 0.500. The molecule has 0 saturated heterocycles. The van der Waals surface area contributed by atoms with Crippen molar-refractivity contribution >= 4 is 5.91 Å². The average molecular weight is 316 g/mol. The first kappa shape index (κ1) is 17.1. The maximum absolute atomic E-state index is 12.4. The summed E-state index contributed by atoms with van der Waals surface area (Å²) >= 11 is 0. The first-order chi connectivity index (χ1) is 11.1. The first-order valence-electron chi connectivity index (χ1n) is 7.99. The van der Waals surface area contributed by atoms with E-state index in [1.807, 2.05) is 6.92 Å². The van der Waals surface area contributed by atoms with E-state index in [-0.39, 0.29) is 11.9 Å². The van der Waals surface area contributed by atoms with Gasteiger partial charge in [-0.25, -0.2) is 4.68 Å². The molecule has 0 fully saturated rings. The molecule has 7 heteroatoms. The van der Waals surface area contributed by atoms with E-state index in [9.17, 15) is 4.79 Å². The van der Waals surface area contributed by atoms with Crippen LogP contribution in [-0.4, -0.2) is 56.5 Å². The van der Waals surface area contributed by atoms with Crippen molar-refractivity contribution in [3.05, 3.63) is 36.4 Å². The summed E-state index contributed by atoms with van der Waals surface area (Å²) in [5.41, 5.74) is 1.23. The van der Waals surface area contributed by atoms with Crippen LogP contribution in [0.15, 0.2) is 30.9 Å². The van der Waals surface area contributed by atoms with Crippen molar-refractivity contribution in [1.29, 1.82) is 0 Å². The van der Waals surface area contributed by atoms with Crippen LogP contribution in [0.1, 0.15) is 37.6 Å². The normalized spacial score (nSPS) is 12.3. The van der Waals surface area contributed by atoms with E-state index in [1.54, 1.807) is 35.5 Å². The summed E-state index contributed by atoms with van der Waals surface area (Å²) in [6.45, 7) is 9.18. The summed E-state index contributed by atoms with van der Waals surface area (Å²) in [4.78, 5) is 18.8. The second-order valence-corrected chi connectivity index (χ2v) is 5.55.